The van der Waals surface area contributed by atoms with Crippen LogP contribution in [0.25, 0.3) is 0 Å². The molecule has 98 valence electrons. The van der Waals surface area contributed by atoms with E-state index in [1.54, 1.807) is 31.2 Å². The number of benzene rings is 2. The zero-order chi connectivity index (χ0) is 13.7. The molecule has 19 heavy (non-hydrogen) atoms. The molecule has 0 aliphatic carbocycles. The lowest BCUT2D eigenvalue weighted by molar-refractivity contribution is 0.0991. The minimum absolute atomic E-state index is 0.0729. The van der Waals surface area contributed by atoms with Gasteiger partial charge in [0.25, 0.3) is 0 Å². The molecule has 0 bridgehead atoms. The molecule has 0 heterocycles. The Balaban J connectivity index is 1.98. The first-order valence-corrected chi connectivity index (χ1v) is 6.55. The molecule has 0 saturated carbocycles. The third-order valence-corrected chi connectivity index (χ3v) is 2.95. The SMILES string of the molecule is CC(Cl)C(=O)c1ccc(OCc2ccccc2)cc1. The first-order chi connectivity index (χ1) is 9.16. The van der Waals surface area contributed by atoms with Gasteiger partial charge in [0.05, 0.1) is 5.38 Å². The summed E-state index contributed by atoms with van der Waals surface area (Å²) in [5, 5.41) is -0.504. The molecule has 2 aromatic carbocycles. The quantitative estimate of drug-likeness (QED) is 0.607. The van der Waals surface area contributed by atoms with Gasteiger partial charge in [0.15, 0.2) is 5.78 Å². The topological polar surface area (TPSA) is 26.3 Å². The maximum atomic E-state index is 11.7. The molecule has 3 heteroatoms. The number of hydrogen-bond acceptors (Lipinski definition) is 2. The van der Waals surface area contributed by atoms with E-state index in [2.05, 4.69) is 0 Å². The zero-order valence-corrected chi connectivity index (χ0v) is 11.4. The first-order valence-electron chi connectivity index (χ1n) is 6.12. The molecule has 2 rings (SSSR count). The van der Waals surface area contributed by atoms with E-state index in [4.69, 9.17) is 16.3 Å². The van der Waals surface area contributed by atoms with Crippen LogP contribution in [0.5, 0.6) is 5.75 Å². The van der Waals surface area contributed by atoms with Crippen molar-refractivity contribution >= 4 is 17.4 Å². The molecule has 0 amide bonds. The third-order valence-electron chi connectivity index (χ3n) is 2.75. The predicted octanol–water partition coefficient (Wildman–Crippen LogP) is 4.08. The average molecular weight is 275 g/mol. The van der Waals surface area contributed by atoms with E-state index in [9.17, 15) is 4.79 Å². The van der Waals surface area contributed by atoms with E-state index < -0.39 is 5.38 Å². The van der Waals surface area contributed by atoms with Crippen molar-refractivity contribution in [2.24, 2.45) is 0 Å². The van der Waals surface area contributed by atoms with E-state index in [1.165, 1.54) is 0 Å². The molecular weight excluding hydrogens is 260 g/mol. The van der Waals surface area contributed by atoms with E-state index in [0.29, 0.717) is 12.2 Å². The van der Waals surface area contributed by atoms with Crippen LogP contribution in [0.2, 0.25) is 0 Å². The predicted molar refractivity (Wildman–Crippen MR) is 76.9 cm³/mol. The smallest absolute Gasteiger partial charge is 0.180 e. The second-order valence-electron chi connectivity index (χ2n) is 4.28. The lowest BCUT2D eigenvalue weighted by atomic mass is 10.1. The highest BCUT2D eigenvalue weighted by molar-refractivity contribution is 6.33. The van der Waals surface area contributed by atoms with Gasteiger partial charge in [-0.25, -0.2) is 0 Å². The lowest BCUT2D eigenvalue weighted by Crippen LogP contribution is -2.10. The van der Waals surface area contributed by atoms with Crippen LogP contribution in [0.15, 0.2) is 54.6 Å². The van der Waals surface area contributed by atoms with Crippen molar-refractivity contribution in [2.45, 2.75) is 18.9 Å². The molecule has 0 N–H and O–H groups in total. The van der Waals surface area contributed by atoms with E-state index in [-0.39, 0.29) is 5.78 Å². The van der Waals surface area contributed by atoms with Gasteiger partial charge in [-0.3, -0.25) is 4.79 Å². The molecule has 0 saturated heterocycles. The molecule has 0 aliphatic heterocycles. The number of ketones is 1. The Morgan fingerprint density at radius 2 is 1.74 bits per heavy atom. The number of alkyl halides is 1. The summed E-state index contributed by atoms with van der Waals surface area (Å²) in [5.74, 6) is 0.666. The molecule has 0 aromatic heterocycles. The molecule has 0 spiro atoms. The van der Waals surface area contributed by atoms with Crippen molar-refractivity contribution in [3.8, 4) is 5.75 Å². The van der Waals surface area contributed by atoms with Gasteiger partial charge in [0.2, 0.25) is 0 Å². The summed E-state index contributed by atoms with van der Waals surface area (Å²) in [6.07, 6.45) is 0. The zero-order valence-electron chi connectivity index (χ0n) is 10.7. The minimum Gasteiger partial charge on any atom is -0.489 e. The monoisotopic (exact) mass is 274 g/mol. The molecular formula is C16H15ClO2. The number of ether oxygens (including phenoxy) is 1. The van der Waals surface area contributed by atoms with E-state index in [1.807, 2.05) is 30.3 Å². The van der Waals surface area contributed by atoms with Gasteiger partial charge >= 0.3 is 0 Å². The molecule has 1 unspecified atom stereocenters. The van der Waals surface area contributed by atoms with Crippen molar-refractivity contribution in [1.29, 1.82) is 0 Å². The summed E-state index contributed by atoms with van der Waals surface area (Å²) in [6, 6.07) is 17.0. The normalized spacial score (nSPS) is 11.9. The van der Waals surface area contributed by atoms with Gasteiger partial charge in [0, 0.05) is 5.56 Å². The number of Topliss-reactive ketones (excluding diaryl/α,β-unsaturated/α-hetero) is 1. The van der Waals surface area contributed by atoms with Gasteiger partial charge in [-0.05, 0) is 36.8 Å². The Kier molecular flexibility index (Phi) is 4.58. The Hall–Kier alpha value is -1.80. The van der Waals surface area contributed by atoms with Crippen molar-refractivity contribution in [3.05, 3.63) is 65.7 Å². The summed E-state index contributed by atoms with van der Waals surface area (Å²) >= 11 is 5.76. The minimum atomic E-state index is -0.504. The summed E-state index contributed by atoms with van der Waals surface area (Å²) in [6.45, 7) is 2.18. The fraction of sp³-hybridized carbons (Fsp3) is 0.188. The van der Waals surface area contributed by atoms with Crippen LogP contribution in [0, 0.1) is 0 Å². The highest BCUT2D eigenvalue weighted by atomic mass is 35.5. The maximum Gasteiger partial charge on any atom is 0.180 e. The first kappa shape index (κ1) is 13.6. The van der Waals surface area contributed by atoms with Crippen molar-refractivity contribution in [1.82, 2.24) is 0 Å². The number of hydrogen-bond donors (Lipinski definition) is 0. The summed E-state index contributed by atoms with van der Waals surface area (Å²) in [5.41, 5.74) is 1.71. The second kappa shape index (κ2) is 6.39. The number of carbonyl (C=O) groups excluding carboxylic acids is 1. The Morgan fingerprint density at radius 1 is 1.11 bits per heavy atom. The van der Waals surface area contributed by atoms with E-state index in [0.717, 1.165) is 11.3 Å². The Labute approximate surface area is 118 Å². The van der Waals surface area contributed by atoms with Gasteiger partial charge in [-0.2, -0.15) is 0 Å². The third kappa shape index (κ3) is 3.83. The van der Waals surface area contributed by atoms with Crippen LogP contribution in [0.1, 0.15) is 22.8 Å². The maximum absolute atomic E-state index is 11.7. The van der Waals surface area contributed by atoms with Crippen LogP contribution >= 0.6 is 11.6 Å². The number of halogens is 1. The summed E-state index contributed by atoms with van der Waals surface area (Å²) in [4.78, 5) is 11.7. The van der Waals surface area contributed by atoms with Crippen LogP contribution < -0.4 is 4.74 Å². The average Bonchev–Trinajstić information content (AvgIpc) is 2.46. The molecule has 0 radical (unpaired) electrons. The highest BCUT2D eigenvalue weighted by Gasteiger charge is 2.11. The van der Waals surface area contributed by atoms with Crippen molar-refractivity contribution in [3.63, 3.8) is 0 Å². The highest BCUT2D eigenvalue weighted by Crippen LogP contribution is 2.16. The Morgan fingerprint density at radius 3 is 2.32 bits per heavy atom. The standard InChI is InChI=1S/C16H15ClO2/c1-12(17)16(18)14-7-9-15(10-8-14)19-11-13-5-3-2-4-6-13/h2-10,12H,11H2,1H3. The summed E-state index contributed by atoms with van der Waals surface area (Å²) < 4.78 is 5.64. The largest absolute Gasteiger partial charge is 0.489 e. The van der Waals surface area contributed by atoms with Crippen LogP contribution in [-0.2, 0) is 6.61 Å². The van der Waals surface area contributed by atoms with Gasteiger partial charge < -0.3 is 4.74 Å². The van der Waals surface area contributed by atoms with Crippen LogP contribution in [0.3, 0.4) is 0 Å². The van der Waals surface area contributed by atoms with Crippen molar-refractivity contribution in [2.75, 3.05) is 0 Å². The van der Waals surface area contributed by atoms with E-state index >= 15 is 0 Å². The number of carbonyl (C=O) groups is 1. The van der Waals surface area contributed by atoms with Gasteiger partial charge in [-0.15, -0.1) is 11.6 Å². The Bertz CT molecular complexity index is 532. The molecule has 2 nitrogen and oxygen atoms in total. The fourth-order valence-corrected chi connectivity index (χ4v) is 1.81. The number of rotatable bonds is 5. The van der Waals surface area contributed by atoms with Crippen LogP contribution in [0.4, 0.5) is 0 Å². The van der Waals surface area contributed by atoms with Gasteiger partial charge in [-0.1, -0.05) is 30.3 Å². The molecule has 1 atom stereocenters. The van der Waals surface area contributed by atoms with Crippen LogP contribution in [-0.4, -0.2) is 11.2 Å². The molecule has 2 aromatic rings. The second-order valence-corrected chi connectivity index (χ2v) is 4.93. The fourth-order valence-electron chi connectivity index (χ4n) is 1.69. The molecule has 0 aliphatic rings. The van der Waals surface area contributed by atoms with Gasteiger partial charge in [0.1, 0.15) is 12.4 Å². The summed E-state index contributed by atoms with van der Waals surface area (Å²) in [7, 11) is 0. The molecule has 0 fully saturated rings. The van der Waals surface area contributed by atoms with Crippen molar-refractivity contribution < 1.29 is 9.53 Å². The lowest BCUT2D eigenvalue weighted by Gasteiger charge is -2.07.